The topological polar surface area (TPSA) is 108 Å². The molecule has 70 heavy (non-hydrogen) atoms. The summed E-state index contributed by atoms with van der Waals surface area (Å²) in [6.07, 6.45) is 73.4. The smallest absolute Gasteiger partial charge is 0.268 e. The number of unbranched alkanes of at least 4 members (excludes halogenated alkanes) is 22. The zero-order valence-electron chi connectivity index (χ0n) is 45.9. The average molecular weight is 998 g/mol. The van der Waals surface area contributed by atoms with Crippen molar-refractivity contribution in [3.05, 3.63) is 97.2 Å². The summed E-state index contributed by atoms with van der Waals surface area (Å²) in [5.74, 6) is -0.171. The van der Waals surface area contributed by atoms with Crippen LogP contribution in [0.1, 0.15) is 232 Å². The SMILES string of the molecule is CC/C=C\C/C=C\C/C=C\C/C=C\C/C=C\C/C=C\C/C=C\C/C=C\CCCCCCCCCCCCCCCCCCC(=O)NC(COP(=O)([O-])OCC[N+](C)(C)C)C(O)CCCCCCCCC. The molecule has 0 fully saturated rings. The third-order valence-electron chi connectivity index (χ3n) is 12.3. The van der Waals surface area contributed by atoms with Crippen LogP contribution in [0.2, 0.25) is 0 Å². The summed E-state index contributed by atoms with van der Waals surface area (Å²) in [6.45, 7) is 4.55. The van der Waals surface area contributed by atoms with Crippen molar-refractivity contribution in [2.24, 2.45) is 0 Å². The number of phosphoric ester groups is 1. The van der Waals surface area contributed by atoms with Crippen LogP contribution in [0, 0.1) is 0 Å². The number of likely N-dealkylation sites (N-methyl/N-ethyl adjacent to an activating group) is 1. The molecule has 3 atom stereocenters. The number of hydrogen-bond donors (Lipinski definition) is 2. The lowest BCUT2D eigenvalue weighted by atomic mass is 10.0. The maximum atomic E-state index is 12.9. The lowest BCUT2D eigenvalue weighted by Crippen LogP contribution is -2.46. The maximum Gasteiger partial charge on any atom is 0.268 e. The van der Waals surface area contributed by atoms with Crippen molar-refractivity contribution in [2.45, 2.75) is 244 Å². The van der Waals surface area contributed by atoms with Crippen molar-refractivity contribution in [2.75, 3.05) is 40.9 Å². The summed E-state index contributed by atoms with van der Waals surface area (Å²) in [4.78, 5) is 25.3. The molecule has 0 aliphatic rings. The number of aliphatic hydroxyl groups excluding tert-OH is 1. The first-order valence-electron chi connectivity index (χ1n) is 28.6. The van der Waals surface area contributed by atoms with Crippen LogP contribution in [0.5, 0.6) is 0 Å². The van der Waals surface area contributed by atoms with Crippen molar-refractivity contribution >= 4 is 13.7 Å². The lowest BCUT2D eigenvalue weighted by Gasteiger charge is -2.30. The van der Waals surface area contributed by atoms with Gasteiger partial charge in [-0.1, -0.05) is 246 Å². The van der Waals surface area contributed by atoms with Gasteiger partial charge in [0.15, 0.2) is 0 Å². The number of quaternary nitrogens is 1. The Morgan fingerprint density at radius 3 is 1.27 bits per heavy atom. The van der Waals surface area contributed by atoms with Crippen molar-refractivity contribution in [1.29, 1.82) is 0 Å². The zero-order chi connectivity index (χ0) is 51.3. The van der Waals surface area contributed by atoms with E-state index in [-0.39, 0.29) is 19.1 Å². The van der Waals surface area contributed by atoms with Crippen LogP contribution in [-0.2, 0) is 18.4 Å². The Labute approximate surface area is 432 Å². The molecule has 0 spiro atoms. The summed E-state index contributed by atoms with van der Waals surface area (Å²) in [5.41, 5.74) is 0. The third-order valence-corrected chi connectivity index (χ3v) is 13.3. The molecule has 0 radical (unpaired) electrons. The molecule has 404 valence electrons. The van der Waals surface area contributed by atoms with Crippen molar-refractivity contribution in [3.8, 4) is 0 Å². The van der Waals surface area contributed by atoms with Crippen molar-refractivity contribution < 1.29 is 32.9 Å². The number of nitrogens with one attached hydrogen (secondary N) is 1. The molecule has 0 saturated heterocycles. The van der Waals surface area contributed by atoms with Gasteiger partial charge in [0.05, 0.1) is 39.9 Å². The van der Waals surface area contributed by atoms with Gasteiger partial charge in [-0.15, -0.1) is 0 Å². The van der Waals surface area contributed by atoms with Gasteiger partial charge < -0.3 is 28.8 Å². The summed E-state index contributed by atoms with van der Waals surface area (Å²) in [5, 5.41) is 13.8. The van der Waals surface area contributed by atoms with E-state index < -0.39 is 20.0 Å². The Bertz CT molecular complexity index is 1460. The fourth-order valence-electron chi connectivity index (χ4n) is 7.88. The summed E-state index contributed by atoms with van der Waals surface area (Å²) >= 11 is 0. The maximum absolute atomic E-state index is 12.9. The van der Waals surface area contributed by atoms with Gasteiger partial charge in [-0.05, 0) is 77.0 Å². The molecule has 0 aromatic rings. The summed E-state index contributed by atoms with van der Waals surface area (Å²) < 4.78 is 23.2. The minimum Gasteiger partial charge on any atom is -0.756 e. The van der Waals surface area contributed by atoms with Gasteiger partial charge in [0.25, 0.3) is 7.82 Å². The van der Waals surface area contributed by atoms with Crippen molar-refractivity contribution in [3.63, 3.8) is 0 Å². The lowest BCUT2D eigenvalue weighted by molar-refractivity contribution is -0.870. The monoisotopic (exact) mass is 997 g/mol. The highest BCUT2D eigenvalue weighted by Gasteiger charge is 2.24. The minimum absolute atomic E-state index is 0.00942. The number of hydrogen-bond acceptors (Lipinski definition) is 6. The largest absolute Gasteiger partial charge is 0.756 e. The highest BCUT2D eigenvalue weighted by Crippen LogP contribution is 2.38. The molecule has 0 aliphatic heterocycles. The van der Waals surface area contributed by atoms with Gasteiger partial charge in [0.2, 0.25) is 5.91 Å². The quantitative estimate of drug-likeness (QED) is 0.0272. The Morgan fingerprint density at radius 2 is 0.871 bits per heavy atom. The highest BCUT2D eigenvalue weighted by molar-refractivity contribution is 7.45. The highest BCUT2D eigenvalue weighted by atomic mass is 31.2. The second-order valence-corrected chi connectivity index (χ2v) is 21.7. The van der Waals surface area contributed by atoms with E-state index in [9.17, 15) is 19.4 Å². The first kappa shape index (κ1) is 67.4. The Balaban J connectivity index is 3.84. The van der Waals surface area contributed by atoms with Gasteiger partial charge in [0, 0.05) is 6.42 Å². The number of phosphoric acid groups is 1. The van der Waals surface area contributed by atoms with Gasteiger partial charge in [-0.2, -0.15) is 0 Å². The first-order chi connectivity index (χ1) is 34.0. The average Bonchev–Trinajstić information content (AvgIpc) is 3.32. The van der Waals surface area contributed by atoms with Crippen LogP contribution in [0.25, 0.3) is 0 Å². The molecule has 0 bridgehead atoms. The molecular weight excluding hydrogens is 888 g/mol. The molecule has 0 aromatic carbocycles. The number of nitrogens with zero attached hydrogens (tertiary/aromatic N) is 1. The van der Waals surface area contributed by atoms with E-state index in [1.54, 1.807) is 0 Å². The number of aliphatic hydroxyl groups is 1. The molecule has 0 rings (SSSR count). The molecule has 0 aliphatic carbocycles. The number of amides is 1. The second kappa shape index (κ2) is 51.3. The second-order valence-electron chi connectivity index (χ2n) is 20.3. The number of rotatable bonds is 51. The van der Waals surface area contributed by atoms with Crippen LogP contribution in [0.4, 0.5) is 0 Å². The van der Waals surface area contributed by atoms with Crippen LogP contribution in [0.3, 0.4) is 0 Å². The van der Waals surface area contributed by atoms with E-state index in [0.717, 1.165) is 89.9 Å². The molecule has 1 amide bonds. The van der Waals surface area contributed by atoms with Crippen LogP contribution in [-0.4, -0.2) is 68.5 Å². The molecule has 8 nitrogen and oxygen atoms in total. The fraction of sp³-hybridized carbons (Fsp3) is 0.721. The molecular formula is C61H109N2O6P. The zero-order valence-corrected chi connectivity index (χ0v) is 46.8. The Hall–Kier alpha value is -2.58. The molecule has 3 unspecified atom stereocenters. The normalized spacial score (nSPS) is 14.7. The molecule has 9 heteroatoms. The van der Waals surface area contributed by atoms with Crippen LogP contribution >= 0.6 is 7.82 Å². The van der Waals surface area contributed by atoms with E-state index in [0.29, 0.717) is 23.9 Å². The molecule has 0 aromatic heterocycles. The van der Waals surface area contributed by atoms with Gasteiger partial charge in [-0.25, -0.2) is 0 Å². The Morgan fingerprint density at radius 1 is 0.514 bits per heavy atom. The van der Waals surface area contributed by atoms with E-state index in [1.807, 2.05) is 21.1 Å². The summed E-state index contributed by atoms with van der Waals surface area (Å²) in [7, 11) is 1.30. The standard InChI is InChI=1S/C61H109N2O6P/c1-6-8-10-12-14-15-16-17-18-19-20-21-22-23-24-25-26-27-28-29-30-31-32-33-34-35-36-37-38-39-40-41-42-43-44-45-46-47-49-51-53-55-61(65)62-59(60(64)54-52-50-48-13-11-9-7-2)58-69-70(66,67)68-57-56-63(3,4)5/h8,10,14-15,17-18,20-21,23-24,26-27,29-30,32-33,59-60,64H,6-7,9,11-13,16,19,22,25,28,31,34-58H2,1-5H3,(H-,62,65,66,67)/b10-8-,15-14-,18-17-,21-20-,24-23-,27-26-,30-29-,33-32-. The predicted molar refractivity (Wildman–Crippen MR) is 302 cm³/mol. The molecule has 0 heterocycles. The van der Waals surface area contributed by atoms with Crippen molar-refractivity contribution in [1.82, 2.24) is 5.32 Å². The summed E-state index contributed by atoms with van der Waals surface area (Å²) in [6, 6.07) is -0.801. The number of allylic oxidation sites excluding steroid dienone is 16. The fourth-order valence-corrected chi connectivity index (χ4v) is 8.60. The molecule has 0 saturated carbocycles. The van der Waals surface area contributed by atoms with E-state index >= 15 is 0 Å². The van der Waals surface area contributed by atoms with E-state index in [4.69, 9.17) is 9.05 Å². The van der Waals surface area contributed by atoms with Gasteiger partial charge in [-0.3, -0.25) is 9.36 Å². The minimum atomic E-state index is -4.56. The Kier molecular flexibility index (Phi) is 49.4. The van der Waals surface area contributed by atoms with Crippen LogP contribution < -0.4 is 10.2 Å². The van der Waals surface area contributed by atoms with E-state index in [1.165, 1.54) is 116 Å². The molecule has 2 N–H and O–H groups in total. The van der Waals surface area contributed by atoms with Crippen LogP contribution in [0.15, 0.2) is 97.2 Å². The third kappa shape index (κ3) is 53.2. The van der Waals surface area contributed by atoms with E-state index in [2.05, 4.69) is 116 Å². The number of carbonyl (C=O) groups is 1. The van der Waals surface area contributed by atoms with Gasteiger partial charge in [0.1, 0.15) is 13.2 Å². The first-order valence-corrected chi connectivity index (χ1v) is 30.0. The number of carbonyl (C=O) groups excluding carboxylic acids is 1. The van der Waals surface area contributed by atoms with Gasteiger partial charge >= 0.3 is 0 Å². The predicted octanol–water partition coefficient (Wildman–Crippen LogP) is 16.8.